The van der Waals surface area contributed by atoms with Crippen molar-refractivity contribution in [3.63, 3.8) is 0 Å². The molecule has 1 fully saturated rings. The van der Waals surface area contributed by atoms with Crippen molar-refractivity contribution in [2.45, 2.75) is 36.6 Å². The summed E-state index contributed by atoms with van der Waals surface area (Å²) in [6.45, 7) is 0.908. The van der Waals surface area contributed by atoms with Gasteiger partial charge >= 0.3 is 0 Å². The molecule has 9 heteroatoms. The zero-order valence-electron chi connectivity index (χ0n) is 15.8. The predicted octanol–water partition coefficient (Wildman–Crippen LogP) is 0.397. The minimum atomic E-state index is -3.77. The van der Waals surface area contributed by atoms with Crippen molar-refractivity contribution < 1.29 is 18.0 Å². The number of nitrogens with one attached hydrogen (secondary N) is 1. The Morgan fingerprint density at radius 1 is 1.30 bits per heavy atom. The molecule has 0 bridgehead atoms. The number of carbonyl (C=O) groups excluding carboxylic acids is 2. The zero-order chi connectivity index (χ0) is 20.0. The summed E-state index contributed by atoms with van der Waals surface area (Å²) in [5.41, 5.74) is 5.70. The van der Waals surface area contributed by atoms with Crippen molar-refractivity contribution in [1.82, 2.24) is 14.5 Å². The average molecular weight is 397 g/mol. The molecule has 150 valence electrons. The standard InChI is InChI=1S/C18H28N4O4S/c1-21(2)18(24)14-6-5-8-16(12-14)27(25,26)22-11-4-3-7-15(22)13-20-17(23)9-10-19/h5-6,8,12,15H,3-4,7,9-11,13,19H2,1-2H3,(H,20,23). The molecule has 1 aliphatic heterocycles. The number of nitrogens with two attached hydrogens (primary N) is 1. The zero-order valence-corrected chi connectivity index (χ0v) is 16.7. The summed E-state index contributed by atoms with van der Waals surface area (Å²) in [7, 11) is -0.528. The molecule has 8 nitrogen and oxygen atoms in total. The first-order chi connectivity index (χ1) is 12.8. The van der Waals surface area contributed by atoms with E-state index in [1.54, 1.807) is 26.2 Å². The van der Waals surface area contributed by atoms with E-state index in [-0.39, 0.29) is 42.3 Å². The number of piperidine rings is 1. The van der Waals surface area contributed by atoms with Gasteiger partial charge in [-0.2, -0.15) is 4.31 Å². The third-order valence-corrected chi connectivity index (χ3v) is 6.52. The Morgan fingerprint density at radius 2 is 2.04 bits per heavy atom. The topological polar surface area (TPSA) is 113 Å². The van der Waals surface area contributed by atoms with E-state index < -0.39 is 10.0 Å². The molecule has 0 spiro atoms. The van der Waals surface area contributed by atoms with Crippen LogP contribution in [-0.4, -0.2) is 69.2 Å². The van der Waals surface area contributed by atoms with E-state index in [9.17, 15) is 18.0 Å². The highest BCUT2D eigenvalue weighted by atomic mass is 32.2. The summed E-state index contributed by atoms with van der Waals surface area (Å²) in [6.07, 6.45) is 2.57. The smallest absolute Gasteiger partial charge is 0.253 e. The number of benzene rings is 1. The number of carbonyl (C=O) groups is 2. The average Bonchev–Trinajstić information content (AvgIpc) is 2.66. The van der Waals surface area contributed by atoms with Gasteiger partial charge in [0.05, 0.1) is 4.90 Å². The van der Waals surface area contributed by atoms with E-state index in [1.165, 1.54) is 21.3 Å². The molecule has 0 aliphatic carbocycles. The quantitative estimate of drug-likeness (QED) is 0.693. The Bertz CT molecular complexity index is 779. The van der Waals surface area contributed by atoms with E-state index in [0.29, 0.717) is 18.5 Å². The number of rotatable bonds is 7. The van der Waals surface area contributed by atoms with Crippen LogP contribution in [0, 0.1) is 0 Å². The maximum Gasteiger partial charge on any atom is 0.253 e. The van der Waals surface area contributed by atoms with E-state index in [2.05, 4.69) is 5.32 Å². The summed E-state index contributed by atoms with van der Waals surface area (Å²) in [4.78, 5) is 25.4. The van der Waals surface area contributed by atoms with Crippen molar-refractivity contribution in [3.05, 3.63) is 29.8 Å². The highest BCUT2D eigenvalue weighted by molar-refractivity contribution is 7.89. The number of hydrogen-bond donors (Lipinski definition) is 2. The highest BCUT2D eigenvalue weighted by Gasteiger charge is 2.34. The van der Waals surface area contributed by atoms with E-state index in [1.807, 2.05) is 0 Å². The van der Waals surface area contributed by atoms with Gasteiger partial charge in [-0.15, -0.1) is 0 Å². The van der Waals surface area contributed by atoms with E-state index >= 15 is 0 Å². The molecule has 27 heavy (non-hydrogen) atoms. The lowest BCUT2D eigenvalue weighted by molar-refractivity contribution is -0.121. The van der Waals surface area contributed by atoms with Crippen LogP contribution >= 0.6 is 0 Å². The maximum atomic E-state index is 13.2. The number of hydrogen-bond acceptors (Lipinski definition) is 5. The van der Waals surface area contributed by atoms with E-state index in [4.69, 9.17) is 5.73 Å². The van der Waals surface area contributed by atoms with Crippen LogP contribution in [0.2, 0.25) is 0 Å². The summed E-state index contributed by atoms with van der Waals surface area (Å²) in [6, 6.07) is 5.78. The fourth-order valence-electron chi connectivity index (χ4n) is 3.13. The second-order valence-electron chi connectivity index (χ2n) is 6.84. The second kappa shape index (κ2) is 9.29. The molecule has 1 saturated heterocycles. The molecule has 1 aromatic rings. The van der Waals surface area contributed by atoms with Crippen molar-refractivity contribution in [2.24, 2.45) is 5.73 Å². The van der Waals surface area contributed by atoms with Crippen LogP contribution in [0.15, 0.2) is 29.2 Å². The van der Waals surface area contributed by atoms with Gasteiger partial charge in [0, 0.05) is 51.8 Å². The van der Waals surface area contributed by atoms with Crippen LogP contribution in [0.25, 0.3) is 0 Å². The summed E-state index contributed by atoms with van der Waals surface area (Å²) >= 11 is 0. The van der Waals surface area contributed by atoms with Crippen LogP contribution in [0.4, 0.5) is 0 Å². The molecule has 0 aromatic heterocycles. The molecule has 1 aliphatic rings. The largest absolute Gasteiger partial charge is 0.354 e. The molecule has 2 rings (SSSR count). The minimum absolute atomic E-state index is 0.0929. The Balaban J connectivity index is 2.23. The Kier molecular flexibility index (Phi) is 7.34. The number of sulfonamides is 1. The van der Waals surface area contributed by atoms with Gasteiger partial charge in [-0.3, -0.25) is 9.59 Å². The first kappa shape index (κ1) is 21.3. The van der Waals surface area contributed by atoms with E-state index in [0.717, 1.165) is 12.8 Å². The maximum absolute atomic E-state index is 13.2. The lowest BCUT2D eigenvalue weighted by atomic mass is 10.1. The van der Waals surface area contributed by atoms with Gasteiger partial charge in [0.15, 0.2) is 0 Å². The second-order valence-corrected chi connectivity index (χ2v) is 8.73. The first-order valence-corrected chi connectivity index (χ1v) is 10.5. The Labute approximate surface area is 160 Å². The minimum Gasteiger partial charge on any atom is -0.354 e. The fraction of sp³-hybridized carbons (Fsp3) is 0.556. The van der Waals surface area contributed by atoms with Crippen LogP contribution in [-0.2, 0) is 14.8 Å². The van der Waals surface area contributed by atoms with Gasteiger partial charge in [0.2, 0.25) is 15.9 Å². The predicted molar refractivity (Wildman–Crippen MR) is 103 cm³/mol. The van der Waals surface area contributed by atoms with Gasteiger partial charge in [0.25, 0.3) is 5.91 Å². The van der Waals surface area contributed by atoms with Crippen LogP contribution in [0.5, 0.6) is 0 Å². The van der Waals surface area contributed by atoms with Gasteiger partial charge in [0.1, 0.15) is 0 Å². The lowest BCUT2D eigenvalue weighted by Crippen LogP contribution is -2.49. The van der Waals surface area contributed by atoms with Crippen LogP contribution in [0.3, 0.4) is 0 Å². The molecule has 2 amide bonds. The molecule has 1 aromatic carbocycles. The molecule has 1 unspecified atom stereocenters. The molecule has 0 radical (unpaired) electrons. The molecule has 1 atom stereocenters. The van der Waals surface area contributed by atoms with Crippen LogP contribution in [0.1, 0.15) is 36.0 Å². The van der Waals surface area contributed by atoms with Crippen molar-refractivity contribution in [2.75, 3.05) is 33.7 Å². The molecule has 0 saturated carbocycles. The van der Waals surface area contributed by atoms with Crippen molar-refractivity contribution in [1.29, 1.82) is 0 Å². The highest BCUT2D eigenvalue weighted by Crippen LogP contribution is 2.26. The van der Waals surface area contributed by atoms with Gasteiger partial charge in [-0.05, 0) is 31.0 Å². The molecule has 1 heterocycles. The Morgan fingerprint density at radius 3 is 2.70 bits per heavy atom. The first-order valence-electron chi connectivity index (χ1n) is 9.07. The summed E-state index contributed by atoms with van der Waals surface area (Å²) in [5, 5.41) is 2.77. The molecule has 3 N–H and O–H groups in total. The number of amides is 2. The SMILES string of the molecule is CN(C)C(=O)c1cccc(S(=O)(=O)N2CCCCC2CNC(=O)CCN)c1. The van der Waals surface area contributed by atoms with Gasteiger partial charge in [-0.1, -0.05) is 12.5 Å². The summed E-state index contributed by atoms with van der Waals surface area (Å²) < 4.78 is 27.8. The summed E-state index contributed by atoms with van der Waals surface area (Å²) in [5.74, 6) is -0.435. The van der Waals surface area contributed by atoms with Crippen LogP contribution < -0.4 is 11.1 Å². The third kappa shape index (κ3) is 5.27. The lowest BCUT2D eigenvalue weighted by Gasteiger charge is -2.34. The molecular weight excluding hydrogens is 368 g/mol. The Hall–Kier alpha value is -1.97. The molecular formula is C18H28N4O4S. The van der Waals surface area contributed by atoms with Gasteiger partial charge < -0.3 is 16.0 Å². The monoisotopic (exact) mass is 396 g/mol. The van der Waals surface area contributed by atoms with Gasteiger partial charge in [-0.25, -0.2) is 8.42 Å². The normalized spacial score (nSPS) is 18.1. The third-order valence-electron chi connectivity index (χ3n) is 4.57. The number of nitrogens with zero attached hydrogens (tertiary/aromatic N) is 2. The van der Waals surface area contributed by atoms with Crippen molar-refractivity contribution in [3.8, 4) is 0 Å². The fourth-order valence-corrected chi connectivity index (χ4v) is 4.87. The van der Waals surface area contributed by atoms with Crippen molar-refractivity contribution >= 4 is 21.8 Å².